The van der Waals surface area contributed by atoms with Gasteiger partial charge >= 0.3 is 7.60 Å². The van der Waals surface area contributed by atoms with Crippen LogP contribution in [0.25, 0.3) is 0 Å². The molecule has 1 N–H and O–H groups in total. The van der Waals surface area contributed by atoms with Gasteiger partial charge in [0.2, 0.25) is 0 Å². The first-order chi connectivity index (χ1) is 18.7. The summed E-state index contributed by atoms with van der Waals surface area (Å²) in [5.41, 5.74) is 2.12. The Balaban J connectivity index is 1.73. The molecule has 2 fully saturated rings. The van der Waals surface area contributed by atoms with Crippen LogP contribution < -0.4 is 5.32 Å². The van der Waals surface area contributed by atoms with Gasteiger partial charge in [0.05, 0.1) is 12.2 Å². The molecule has 0 bridgehead atoms. The molecular weight excluding hydrogens is 501 g/mol. The van der Waals surface area contributed by atoms with Gasteiger partial charge in [0.25, 0.3) is 0 Å². The Morgan fingerprint density at radius 3 is 1.67 bits per heavy atom. The molecule has 2 aromatic carbocycles. The van der Waals surface area contributed by atoms with Crippen LogP contribution in [-0.4, -0.2) is 12.2 Å². The van der Waals surface area contributed by atoms with Gasteiger partial charge < -0.3 is 9.05 Å². The summed E-state index contributed by atoms with van der Waals surface area (Å²) in [7, 11) is -3.64. The SMILES string of the molecule is CC(C)[C@H]1CC[C@@H](C)C[C@H]1OP(=O)(O[C@@H]1C[C@H](C)CC[C@H]1C(C)C)[C@H](NCc1ccccc1)c1ccccc1. The topological polar surface area (TPSA) is 47.6 Å². The number of rotatable bonds is 11. The lowest BCUT2D eigenvalue weighted by Gasteiger charge is -2.43. The number of hydrogen-bond donors (Lipinski definition) is 1. The Labute approximate surface area is 238 Å². The van der Waals surface area contributed by atoms with E-state index >= 15 is 4.57 Å². The summed E-state index contributed by atoms with van der Waals surface area (Å²) in [4.78, 5) is 0. The van der Waals surface area contributed by atoms with E-state index in [0.717, 1.165) is 36.8 Å². The van der Waals surface area contributed by atoms with Crippen molar-refractivity contribution < 1.29 is 13.6 Å². The molecule has 1 unspecified atom stereocenters. The lowest BCUT2D eigenvalue weighted by molar-refractivity contribution is -0.00694. The van der Waals surface area contributed by atoms with Crippen molar-refractivity contribution in [3.63, 3.8) is 0 Å². The zero-order valence-corrected chi connectivity index (χ0v) is 26.0. The highest BCUT2D eigenvalue weighted by molar-refractivity contribution is 7.54. The summed E-state index contributed by atoms with van der Waals surface area (Å²) in [6.45, 7) is 14.3. The predicted octanol–water partition coefficient (Wildman–Crippen LogP) is 9.62. The summed E-state index contributed by atoms with van der Waals surface area (Å²) < 4.78 is 29.4. The minimum atomic E-state index is -3.64. The molecule has 2 aliphatic carbocycles. The maximum atomic E-state index is 15.5. The fraction of sp³-hybridized carbons (Fsp3) is 0.647. The Bertz CT molecular complexity index is 1000. The maximum Gasteiger partial charge on any atom is 0.352 e. The van der Waals surface area contributed by atoms with Gasteiger partial charge in [0.1, 0.15) is 5.78 Å². The van der Waals surface area contributed by atoms with Crippen molar-refractivity contribution in [2.24, 2.45) is 35.5 Å². The quantitative estimate of drug-likeness (QED) is 0.281. The van der Waals surface area contributed by atoms with Gasteiger partial charge in [0.15, 0.2) is 0 Å². The summed E-state index contributed by atoms with van der Waals surface area (Å²) in [6, 6.07) is 20.5. The summed E-state index contributed by atoms with van der Waals surface area (Å²) in [5.74, 6) is 2.30. The Kier molecular flexibility index (Phi) is 10.9. The molecule has 0 aliphatic heterocycles. The highest BCUT2D eigenvalue weighted by atomic mass is 31.2. The van der Waals surface area contributed by atoms with Crippen LogP contribution in [0.1, 0.15) is 97.0 Å². The molecule has 2 saturated carbocycles. The minimum Gasteiger partial charge on any atom is -0.304 e. The number of benzene rings is 2. The zero-order valence-electron chi connectivity index (χ0n) is 25.1. The van der Waals surface area contributed by atoms with Crippen molar-refractivity contribution in [1.29, 1.82) is 0 Å². The maximum absolute atomic E-state index is 15.5. The second-order valence-electron chi connectivity index (χ2n) is 13.2. The van der Waals surface area contributed by atoms with Gasteiger partial charge in [-0.3, -0.25) is 9.88 Å². The first-order valence-electron chi connectivity index (χ1n) is 15.4. The third kappa shape index (κ3) is 8.07. The molecule has 39 heavy (non-hydrogen) atoms. The van der Waals surface area contributed by atoms with Crippen molar-refractivity contribution in [2.75, 3.05) is 0 Å². The number of hydrogen-bond acceptors (Lipinski definition) is 4. The Hall–Kier alpha value is -1.45. The van der Waals surface area contributed by atoms with Crippen LogP contribution in [0.3, 0.4) is 0 Å². The van der Waals surface area contributed by atoms with E-state index in [1.54, 1.807) is 0 Å². The molecule has 0 radical (unpaired) electrons. The molecule has 8 atom stereocenters. The van der Waals surface area contributed by atoms with Crippen LogP contribution in [0, 0.1) is 35.5 Å². The molecule has 2 aliphatic rings. The zero-order chi connectivity index (χ0) is 28.0. The average Bonchev–Trinajstić information content (AvgIpc) is 2.89. The third-order valence-corrected chi connectivity index (χ3v) is 11.5. The molecular formula is C34H52NO3P. The van der Waals surface area contributed by atoms with Crippen LogP contribution in [0.4, 0.5) is 0 Å². The van der Waals surface area contributed by atoms with E-state index in [2.05, 4.69) is 83.3 Å². The summed E-state index contributed by atoms with van der Waals surface area (Å²) in [5, 5.41) is 3.67. The van der Waals surface area contributed by atoms with Crippen LogP contribution >= 0.6 is 7.60 Å². The van der Waals surface area contributed by atoms with Gasteiger partial charge in [-0.05, 0) is 72.3 Å². The number of nitrogens with one attached hydrogen (secondary N) is 1. The minimum absolute atomic E-state index is 0.0668. The molecule has 0 aromatic heterocycles. The van der Waals surface area contributed by atoms with Crippen LogP contribution in [0.5, 0.6) is 0 Å². The fourth-order valence-corrected chi connectivity index (χ4v) is 9.24. The van der Waals surface area contributed by atoms with Gasteiger partial charge in [-0.15, -0.1) is 0 Å². The van der Waals surface area contributed by atoms with Gasteiger partial charge in [0, 0.05) is 6.54 Å². The third-order valence-electron chi connectivity index (χ3n) is 9.26. The fourth-order valence-electron chi connectivity index (χ4n) is 6.85. The molecule has 4 rings (SSSR count). The van der Waals surface area contributed by atoms with Crippen LogP contribution in [-0.2, 0) is 20.2 Å². The molecule has 216 valence electrons. The van der Waals surface area contributed by atoms with E-state index in [1.807, 2.05) is 24.3 Å². The van der Waals surface area contributed by atoms with Crippen molar-refractivity contribution in [2.45, 2.75) is 105 Å². The first-order valence-corrected chi connectivity index (χ1v) is 17.1. The van der Waals surface area contributed by atoms with E-state index in [-0.39, 0.29) is 12.2 Å². The Morgan fingerprint density at radius 2 is 1.21 bits per heavy atom. The highest BCUT2D eigenvalue weighted by Gasteiger charge is 2.46. The second-order valence-corrected chi connectivity index (χ2v) is 15.2. The normalized spacial score (nSPS) is 30.3. The summed E-state index contributed by atoms with van der Waals surface area (Å²) >= 11 is 0. The van der Waals surface area contributed by atoms with Crippen molar-refractivity contribution in [1.82, 2.24) is 5.32 Å². The molecule has 2 aromatic rings. The average molecular weight is 554 g/mol. The molecule has 0 amide bonds. The van der Waals surface area contributed by atoms with E-state index in [1.165, 1.54) is 12.8 Å². The van der Waals surface area contributed by atoms with Crippen LogP contribution in [0.15, 0.2) is 60.7 Å². The van der Waals surface area contributed by atoms with Crippen LogP contribution in [0.2, 0.25) is 0 Å². The van der Waals surface area contributed by atoms with E-state index in [9.17, 15) is 0 Å². The largest absolute Gasteiger partial charge is 0.352 e. The van der Waals surface area contributed by atoms with Crippen molar-refractivity contribution in [3.8, 4) is 0 Å². The summed E-state index contributed by atoms with van der Waals surface area (Å²) in [6.07, 6.45) is 6.38. The lowest BCUT2D eigenvalue weighted by Crippen LogP contribution is -2.38. The molecule has 0 spiro atoms. The second kappa shape index (κ2) is 13.9. The Morgan fingerprint density at radius 1 is 0.744 bits per heavy atom. The van der Waals surface area contributed by atoms with Gasteiger partial charge in [-0.1, -0.05) is 115 Å². The molecule has 0 saturated heterocycles. The van der Waals surface area contributed by atoms with Crippen molar-refractivity contribution in [3.05, 3.63) is 71.8 Å². The standard InChI is InChI=1S/C34H52NO3P/c1-24(2)30-19-17-26(5)21-32(30)37-39(36,38-33-22-27(6)18-20-31(33)25(3)4)34(29-15-11-8-12-16-29)35-23-28-13-9-7-10-14-28/h7-16,24-27,30-35H,17-23H2,1-6H3/t26-,27-,30-,31+,32-,33-,34+,39?/m1/s1. The highest BCUT2D eigenvalue weighted by Crippen LogP contribution is 2.64. The lowest BCUT2D eigenvalue weighted by atomic mass is 9.75. The predicted molar refractivity (Wildman–Crippen MR) is 163 cm³/mol. The van der Waals surface area contributed by atoms with E-state index < -0.39 is 13.4 Å². The van der Waals surface area contributed by atoms with E-state index in [0.29, 0.717) is 42.1 Å². The molecule has 0 heterocycles. The van der Waals surface area contributed by atoms with E-state index in [4.69, 9.17) is 9.05 Å². The smallest absolute Gasteiger partial charge is 0.304 e. The van der Waals surface area contributed by atoms with Crippen molar-refractivity contribution >= 4 is 7.60 Å². The molecule has 4 nitrogen and oxygen atoms in total. The first kappa shape index (κ1) is 30.5. The monoisotopic (exact) mass is 553 g/mol. The van der Waals surface area contributed by atoms with Gasteiger partial charge in [-0.25, -0.2) is 0 Å². The molecule has 5 heteroatoms. The van der Waals surface area contributed by atoms with Gasteiger partial charge in [-0.2, -0.15) is 0 Å².